The van der Waals surface area contributed by atoms with Gasteiger partial charge in [-0.15, -0.1) is 0 Å². The van der Waals surface area contributed by atoms with Gasteiger partial charge in [0, 0.05) is 49.0 Å². The lowest BCUT2D eigenvalue weighted by molar-refractivity contribution is 0.128. The van der Waals surface area contributed by atoms with Crippen LogP contribution in [0.25, 0.3) is 10.9 Å². The first-order valence-corrected chi connectivity index (χ1v) is 7.60. The second kappa shape index (κ2) is 5.19. The highest BCUT2D eigenvalue weighted by Crippen LogP contribution is 2.30. The maximum absolute atomic E-state index is 6.04. The highest BCUT2D eigenvalue weighted by Gasteiger charge is 2.26. The van der Waals surface area contributed by atoms with Gasteiger partial charge in [-0.05, 0) is 45.0 Å². The lowest BCUT2D eigenvalue weighted by atomic mass is 10.0. The number of anilines is 2. The van der Waals surface area contributed by atoms with Crippen molar-refractivity contribution in [3.63, 3.8) is 0 Å². The first-order valence-electron chi connectivity index (χ1n) is 7.60. The molecule has 1 aromatic carbocycles. The van der Waals surface area contributed by atoms with E-state index in [9.17, 15) is 0 Å². The molecule has 0 bridgehead atoms. The third-order valence-electron chi connectivity index (χ3n) is 4.35. The Bertz CT molecular complexity index is 637. The summed E-state index contributed by atoms with van der Waals surface area (Å²) in [6, 6.07) is 8.20. The van der Waals surface area contributed by atoms with E-state index in [1.807, 2.05) is 12.1 Å². The van der Waals surface area contributed by atoms with Crippen molar-refractivity contribution in [2.24, 2.45) is 0 Å². The van der Waals surface area contributed by atoms with E-state index >= 15 is 0 Å². The van der Waals surface area contributed by atoms with Gasteiger partial charge in [-0.25, -0.2) is 0 Å². The number of nitrogens with two attached hydrogens (primary N) is 1. The molecule has 0 spiro atoms. The maximum atomic E-state index is 6.04. The molecule has 3 rings (SSSR count). The average molecular weight is 284 g/mol. The minimum Gasteiger partial charge on any atom is -0.397 e. The summed E-state index contributed by atoms with van der Waals surface area (Å²) < 4.78 is 0. The molecule has 0 unspecified atom stereocenters. The number of rotatable bonds is 1. The number of fused-ring (bicyclic) bond motifs is 1. The Morgan fingerprint density at radius 2 is 1.76 bits per heavy atom. The van der Waals surface area contributed by atoms with Crippen molar-refractivity contribution in [1.82, 2.24) is 9.88 Å². The molecule has 1 aromatic heterocycles. The van der Waals surface area contributed by atoms with Crippen molar-refractivity contribution in [3.05, 3.63) is 30.5 Å². The molecule has 1 aliphatic rings. The molecule has 0 radical (unpaired) electrons. The van der Waals surface area contributed by atoms with Crippen LogP contribution in [-0.2, 0) is 0 Å². The van der Waals surface area contributed by atoms with Crippen LogP contribution in [0.5, 0.6) is 0 Å². The molecule has 1 fully saturated rings. The monoisotopic (exact) mass is 284 g/mol. The fraction of sp³-hybridized carbons (Fsp3) is 0.471. The van der Waals surface area contributed by atoms with Crippen molar-refractivity contribution in [3.8, 4) is 0 Å². The first-order chi connectivity index (χ1) is 9.97. The third-order valence-corrected chi connectivity index (χ3v) is 4.35. The van der Waals surface area contributed by atoms with Gasteiger partial charge in [0.25, 0.3) is 0 Å². The molecule has 1 aliphatic heterocycles. The molecular formula is C17H24N4. The lowest BCUT2D eigenvalue weighted by Gasteiger charge is -2.43. The first kappa shape index (κ1) is 14.1. The summed E-state index contributed by atoms with van der Waals surface area (Å²) >= 11 is 0. The molecule has 0 amide bonds. The second-order valence-corrected chi connectivity index (χ2v) is 6.72. The number of benzene rings is 1. The van der Waals surface area contributed by atoms with Crippen LogP contribution < -0.4 is 10.6 Å². The Labute approximate surface area is 126 Å². The lowest BCUT2D eigenvalue weighted by Crippen LogP contribution is -2.53. The molecule has 2 heterocycles. The van der Waals surface area contributed by atoms with Gasteiger partial charge in [0.2, 0.25) is 0 Å². The number of nitrogen functional groups attached to an aromatic ring is 1. The molecule has 21 heavy (non-hydrogen) atoms. The molecule has 1 saturated heterocycles. The summed E-state index contributed by atoms with van der Waals surface area (Å²) in [7, 11) is 0. The van der Waals surface area contributed by atoms with Crippen LogP contribution in [0.4, 0.5) is 11.4 Å². The highest BCUT2D eigenvalue weighted by molar-refractivity contribution is 5.98. The summed E-state index contributed by atoms with van der Waals surface area (Å²) in [4.78, 5) is 9.42. The van der Waals surface area contributed by atoms with E-state index in [4.69, 9.17) is 5.73 Å². The number of nitrogens with zero attached hydrogens (tertiary/aromatic N) is 3. The Balaban J connectivity index is 1.88. The highest BCUT2D eigenvalue weighted by atomic mass is 15.3. The van der Waals surface area contributed by atoms with E-state index in [0.717, 1.165) is 42.8 Å². The van der Waals surface area contributed by atoms with Gasteiger partial charge in [0.1, 0.15) is 0 Å². The van der Waals surface area contributed by atoms with Crippen molar-refractivity contribution in [2.45, 2.75) is 26.3 Å². The van der Waals surface area contributed by atoms with Crippen LogP contribution in [0.15, 0.2) is 30.5 Å². The Kier molecular flexibility index (Phi) is 3.49. The summed E-state index contributed by atoms with van der Waals surface area (Å²) in [5.74, 6) is 0. The van der Waals surface area contributed by atoms with Crippen molar-refractivity contribution in [1.29, 1.82) is 0 Å². The van der Waals surface area contributed by atoms with Crippen LogP contribution >= 0.6 is 0 Å². The topological polar surface area (TPSA) is 45.4 Å². The quantitative estimate of drug-likeness (QED) is 0.818. The predicted molar refractivity (Wildman–Crippen MR) is 89.7 cm³/mol. The van der Waals surface area contributed by atoms with Gasteiger partial charge in [0.05, 0.1) is 11.2 Å². The van der Waals surface area contributed by atoms with Crippen molar-refractivity contribution in [2.75, 3.05) is 36.8 Å². The smallest absolute Gasteiger partial charge is 0.0951 e. The number of aromatic nitrogens is 1. The standard InChI is InChI=1S/C17H24N4/c1-17(2,3)21-11-9-20(10-12-21)15-7-6-14(18)16-13(15)5-4-8-19-16/h4-8H,9-12,18H2,1-3H3. The van der Waals surface area contributed by atoms with E-state index in [2.05, 4.69) is 47.7 Å². The van der Waals surface area contributed by atoms with E-state index < -0.39 is 0 Å². The molecule has 0 saturated carbocycles. The summed E-state index contributed by atoms with van der Waals surface area (Å²) in [5, 5.41) is 1.15. The van der Waals surface area contributed by atoms with Gasteiger partial charge in [-0.1, -0.05) is 0 Å². The normalized spacial score (nSPS) is 17.4. The van der Waals surface area contributed by atoms with Gasteiger partial charge < -0.3 is 10.6 Å². The van der Waals surface area contributed by atoms with Crippen molar-refractivity contribution < 1.29 is 0 Å². The number of hydrogen-bond donors (Lipinski definition) is 1. The van der Waals surface area contributed by atoms with Crippen LogP contribution in [-0.4, -0.2) is 41.6 Å². The summed E-state index contributed by atoms with van der Waals surface area (Å²) in [5.41, 5.74) is 9.21. The van der Waals surface area contributed by atoms with Crippen LogP contribution in [0, 0.1) is 0 Å². The van der Waals surface area contributed by atoms with Crippen molar-refractivity contribution >= 4 is 22.3 Å². The Morgan fingerprint density at radius 1 is 1.05 bits per heavy atom. The molecule has 112 valence electrons. The van der Waals surface area contributed by atoms with E-state index in [1.54, 1.807) is 6.20 Å². The molecule has 4 heteroatoms. The molecular weight excluding hydrogens is 260 g/mol. The summed E-state index contributed by atoms with van der Waals surface area (Å²) in [6.07, 6.45) is 1.81. The maximum Gasteiger partial charge on any atom is 0.0951 e. The van der Waals surface area contributed by atoms with Gasteiger partial charge >= 0.3 is 0 Å². The fourth-order valence-corrected chi connectivity index (χ4v) is 3.07. The summed E-state index contributed by atoms with van der Waals surface area (Å²) in [6.45, 7) is 11.1. The Hall–Kier alpha value is -1.81. The van der Waals surface area contributed by atoms with E-state index in [-0.39, 0.29) is 5.54 Å². The molecule has 4 nitrogen and oxygen atoms in total. The number of piperazine rings is 1. The average Bonchev–Trinajstić information content (AvgIpc) is 2.47. The van der Waals surface area contributed by atoms with Gasteiger partial charge in [-0.3, -0.25) is 9.88 Å². The van der Waals surface area contributed by atoms with E-state index in [1.165, 1.54) is 5.69 Å². The second-order valence-electron chi connectivity index (χ2n) is 6.72. The molecule has 0 aliphatic carbocycles. The fourth-order valence-electron chi connectivity index (χ4n) is 3.07. The largest absolute Gasteiger partial charge is 0.397 e. The number of hydrogen-bond acceptors (Lipinski definition) is 4. The van der Waals surface area contributed by atoms with Gasteiger partial charge in [-0.2, -0.15) is 0 Å². The SMILES string of the molecule is CC(C)(C)N1CCN(c2ccc(N)c3ncccc23)CC1. The molecule has 2 N–H and O–H groups in total. The molecule has 0 atom stereocenters. The van der Waals surface area contributed by atoms with E-state index in [0.29, 0.717) is 0 Å². The van der Waals surface area contributed by atoms with Crippen LogP contribution in [0.3, 0.4) is 0 Å². The minimum absolute atomic E-state index is 0.247. The third kappa shape index (κ3) is 2.68. The van der Waals surface area contributed by atoms with Crippen LogP contribution in [0.2, 0.25) is 0 Å². The minimum atomic E-state index is 0.247. The van der Waals surface area contributed by atoms with Crippen LogP contribution in [0.1, 0.15) is 20.8 Å². The zero-order valence-corrected chi connectivity index (χ0v) is 13.1. The zero-order valence-electron chi connectivity index (χ0n) is 13.1. The predicted octanol–water partition coefficient (Wildman–Crippen LogP) is 2.74. The number of pyridine rings is 1. The molecule has 2 aromatic rings. The van der Waals surface area contributed by atoms with Gasteiger partial charge in [0.15, 0.2) is 0 Å². The Morgan fingerprint density at radius 3 is 2.43 bits per heavy atom. The zero-order chi connectivity index (χ0) is 15.0.